The molecule has 0 bridgehead atoms. The van der Waals surface area contributed by atoms with Crippen molar-refractivity contribution in [3.8, 4) is 11.4 Å². The number of hydrogen-bond donors (Lipinski definition) is 0. The lowest BCUT2D eigenvalue weighted by atomic mass is 10.1. The molecule has 1 aliphatic rings. The van der Waals surface area contributed by atoms with E-state index >= 15 is 0 Å². The highest BCUT2D eigenvalue weighted by atomic mass is 32.2. The molecule has 0 saturated carbocycles. The fourth-order valence-electron chi connectivity index (χ4n) is 3.89. The number of aryl methyl sites for hydroxylation is 1. The molecular weight excluding hydrogens is 497 g/mol. The van der Waals surface area contributed by atoms with Gasteiger partial charge in [0.05, 0.1) is 16.9 Å². The van der Waals surface area contributed by atoms with E-state index in [0.29, 0.717) is 5.56 Å². The number of urea groups is 1. The van der Waals surface area contributed by atoms with E-state index in [1.165, 1.54) is 35.2 Å². The highest BCUT2D eigenvalue weighted by Gasteiger charge is 2.43. The number of rotatable bonds is 4. The number of halogens is 3. The van der Waals surface area contributed by atoms with Crippen molar-refractivity contribution in [3.05, 3.63) is 89.8 Å². The standard InChI is InChI=1S/C24H17F3N4O4S/c1-15-7-2-3-10-18(15)31-23(32)30(19-11-4-5-12-20(19)36(31,33)34)14-21-28-22(29-35-21)16-8-6-9-17(13-16)24(25,26)27/h2-13H,14H2,1H3. The van der Waals surface area contributed by atoms with Crippen LogP contribution in [0, 0.1) is 6.92 Å². The van der Waals surface area contributed by atoms with Gasteiger partial charge >= 0.3 is 12.2 Å². The molecule has 8 nitrogen and oxygen atoms in total. The minimum atomic E-state index is -4.54. The molecule has 2 heterocycles. The average molecular weight is 514 g/mol. The van der Waals surface area contributed by atoms with E-state index in [4.69, 9.17) is 4.52 Å². The van der Waals surface area contributed by atoms with Crippen LogP contribution in [0.15, 0.2) is 82.2 Å². The second-order valence-electron chi connectivity index (χ2n) is 7.98. The molecular formula is C24H17F3N4O4S. The average Bonchev–Trinajstić information content (AvgIpc) is 3.31. The number of carbonyl (C=O) groups is 1. The first kappa shape index (κ1) is 23.5. The minimum absolute atomic E-state index is 0.0781. The number of alkyl halides is 3. The smallest absolute Gasteiger partial charge is 0.337 e. The molecule has 1 aliphatic heterocycles. The number of sulfonamides is 1. The van der Waals surface area contributed by atoms with Gasteiger partial charge in [0.25, 0.3) is 10.0 Å². The maximum atomic E-state index is 13.6. The molecule has 0 fully saturated rings. The van der Waals surface area contributed by atoms with E-state index in [1.807, 2.05) is 0 Å². The molecule has 0 spiro atoms. The molecule has 0 atom stereocenters. The fourth-order valence-corrected chi connectivity index (χ4v) is 5.55. The number of para-hydroxylation sites is 2. The van der Waals surface area contributed by atoms with Crippen LogP contribution in [0.4, 0.5) is 29.3 Å². The first-order valence-corrected chi connectivity index (χ1v) is 12.0. The third-order valence-electron chi connectivity index (χ3n) is 5.62. The Morgan fingerprint density at radius 3 is 2.36 bits per heavy atom. The van der Waals surface area contributed by atoms with Crippen molar-refractivity contribution in [3.63, 3.8) is 0 Å². The Morgan fingerprint density at radius 1 is 0.944 bits per heavy atom. The van der Waals surface area contributed by atoms with Crippen molar-refractivity contribution in [2.45, 2.75) is 24.5 Å². The van der Waals surface area contributed by atoms with Crippen LogP contribution in [0.25, 0.3) is 11.4 Å². The summed E-state index contributed by atoms with van der Waals surface area (Å²) in [6, 6.07) is 16.1. The van der Waals surface area contributed by atoms with Gasteiger partial charge in [0.1, 0.15) is 11.4 Å². The van der Waals surface area contributed by atoms with Crippen LogP contribution in [-0.2, 0) is 22.7 Å². The van der Waals surface area contributed by atoms with E-state index in [-0.39, 0.29) is 40.1 Å². The molecule has 36 heavy (non-hydrogen) atoms. The van der Waals surface area contributed by atoms with Gasteiger partial charge in [-0.15, -0.1) is 0 Å². The second-order valence-corrected chi connectivity index (χ2v) is 9.74. The summed E-state index contributed by atoms with van der Waals surface area (Å²) in [5.41, 5.74) is 0.0848. The Balaban J connectivity index is 1.54. The molecule has 0 radical (unpaired) electrons. The predicted molar refractivity (Wildman–Crippen MR) is 124 cm³/mol. The summed E-state index contributed by atoms with van der Waals surface area (Å²) in [4.78, 5) is 18.8. The summed E-state index contributed by atoms with van der Waals surface area (Å²) in [6.45, 7) is 1.38. The van der Waals surface area contributed by atoms with Crippen LogP contribution < -0.4 is 9.21 Å². The molecule has 5 rings (SSSR count). The van der Waals surface area contributed by atoms with Gasteiger partial charge in [0.2, 0.25) is 11.7 Å². The van der Waals surface area contributed by atoms with Crippen molar-refractivity contribution in [2.75, 3.05) is 9.21 Å². The lowest BCUT2D eigenvalue weighted by molar-refractivity contribution is -0.137. The molecule has 184 valence electrons. The zero-order valence-electron chi connectivity index (χ0n) is 18.6. The van der Waals surface area contributed by atoms with E-state index in [0.717, 1.165) is 16.4 Å². The van der Waals surface area contributed by atoms with E-state index < -0.39 is 27.8 Å². The van der Waals surface area contributed by atoms with Crippen molar-refractivity contribution < 1.29 is 30.9 Å². The van der Waals surface area contributed by atoms with Gasteiger partial charge in [-0.25, -0.2) is 13.2 Å². The van der Waals surface area contributed by atoms with Crippen LogP contribution in [0.1, 0.15) is 17.0 Å². The summed E-state index contributed by atoms with van der Waals surface area (Å²) in [5, 5.41) is 3.75. The molecule has 2 amide bonds. The molecule has 3 aromatic carbocycles. The van der Waals surface area contributed by atoms with Gasteiger partial charge in [0, 0.05) is 5.56 Å². The maximum absolute atomic E-state index is 13.6. The second kappa shape index (κ2) is 8.48. The summed E-state index contributed by atoms with van der Waals surface area (Å²) in [6.07, 6.45) is -4.54. The maximum Gasteiger partial charge on any atom is 0.416 e. The number of amides is 2. The molecule has 0 unspecified atom stereocenters. The third kappa shape index (κ3) is 3.98. The molecule has 0 aliphatic carbocycles. The van der Waals surface area contributed by atoms with Crippen molar-refractivity contribution in [1.82, 2.24) is 10.1 Å². The van der Waals surface area contributed by atoms with Crippen LogP contribution >= 0.6 is 0 Å². The largest absolute Gasteiger partial charge is 0.416 e. The van der Waals surface area contributed by atoms with Crippen LogP contribution in [0.5, 0.6) is 0 Å². The lowest BCUT2D eigenvalue weighted by Gasteiger charge is -2.36. The molecule has 4 aromatic rings. The Labute approximate surface area is 203 Å². The zero-order valence-corrected chi connectivity index (χ0v) is 19.4. The van der Waals surface area contributed by atoms with Gasteiger partial charge in [-0.3, -0.25) is 4.90 Å². The number of fused-ring (bicyclic) bond motifs is 1. The zero-order chi connectivity index (χ0) is 25.7. The fraction of sp³-hybridized carbons (Fsp3) is 0.125. The van der Waals surface area contributed by atoms with Crippen LogP contribution in [0.2, 0.25) is 0 Å². The normalized spacial score (nSPS) is 15.2. The number of nitrogens with zero attached hydrogens (tertiary/aromatic N) is 4. The third-order valence-corrected chi connectivity index (χ3v) is 7.36. The monoisotopic (exact) mass is 514 g/mol. The highest BCUT2D eigenvalue weighted by Crippen LogP contribution is 2.39. The van der Waals surface area contributed by atoms with Crippen molar-refractivity contribution in [1.29, 1.82) is 0 Å². The Bertz CT molecular complexity index is 1580. The summed E-state index contributed by atoms with van der Waals surface area (Å²) in [7, 11) is -4.22. The van der Waals surface area contributed by atoms with Gasteiger partial charge in [-0.2, -0.15) is 22.5 Å². The van der Waals surface area contributed by atoms with Crippen LogP contribution in [0.3, 0.4) is 0 Å². The van der Waals surface area contributed by atoms with Gasteiger partial charge in [-0.1, -0.05) is 47.6 Å². The summed E-state index contributed by atoms with van der Waals surface area (Å²) >= 11 is 0. The van der Waals surface area contributed by atoms with E-state index in [9.17, 15) is 26.4 Å². The highest BCUT2D eigenvalue weighted by molar-refractivity contribution is 7.94. The molecule has 0 saturated heterocycles. The van der Waals surface area contributed by atoms with Gasteiger partial charge < -0.3 is 4.52 Å². The summed E-state index contributed by atoms with van der Waals surface area (Å²) < 4.78 is 72.0. The Morgan fingerprint density at radius 2 is 1.64 bits per heavy atom. The number of aromatic nitrogens is 2. The number of carbonyl (C=O) groups excluding carboxylic acids is 1. The minimum Gasteiger partial charge on any atom is -0.337 e. The quantitative estimate of drug-likeness (QED) is 0.362. The topological polar surface area (TPSA) is 96.6 Å². The number of benzene rings is 3. The SMILES string of the molecule is Cc1ccccc1N1C(=O)N(Cc2nc(-c3cccc(C(F)(F)F)c3)no2)c2ccccc2S1(=O)=O. The number of hydrogen-bond acceptors (Lipinski definition) is 6. The van der Waals surface area contributed by atoms with Gasteiger partial charge in [0.15, 0.2) is 0 Å². The Hall–Kier alpha value is -4.19. The molecule has 1 aromatic heterocycles. The molecule has 12 heteroatoms. The van der Waals surface area contributed by atoms with Crippen LogP contribution in [-0.4, -0.2) is 24.6 Å². The van der Waals surface area contributed by atoms with Gasteiger partial charge in [-0.05, 0) is 42.8 Å². The van der Waals surface area contributed by atoms with Crippen molar-refractivity contribution >= 4 is 27.4 Å². The first-order valence-electron chi connectivity index (χ1n) is 10.6. The predicted octanol–water partition coefficient (Wildman–Crippen LogP) is 5.40. The first-order chi connectivity index (χ1) is 17.1. The van der Waals surface area contributed by atoms with E-state index in [2.05, 4.69) is 10.1 Å². The lowest BCUT2D eigenvalue weighted by Crippen LogP contribution is -2.51. The molecule has 0 N–H and O–H groups in total. The summed E-state index contributed by atoms with van der Waals surface area (Å²) in [5.74, 6) is -0.188. The van der Waals surface area contributed by atoms with E-state index in [1.54, 1.807) is 37.3 Å². The Kier molecular flexibility index (Phi) is 5.55. The van der Waals surface area contributed by atoms with Crippen molar-refractivity contribution in [2.24, 2.45) is 0 Å². The number of anilines is 2.